The average molecular weight is 260 g/mol. The normalized spacial score (nSPS) is 24.9. The van der Waals surface area contributed by atoms with Crippen LogP contribution in [0.3, 0.4) is 0 Å². The van der Waals surface area contributed by atoms with E-state index in [1.54, 1.807) is 19.9 Å². The molecule has 0 unspecified atom stereocenters. The maximum Gasteiger partial charge on any atom is 0.523 e. The summed E-state index contributed by atoms with van der Waals surface area (Å²) in [7, 11) is -5.54. The van der Waals surface area contributed by atoms with Gasteiger partial charge in [-0.25, -0.2) is 0 Å². The van der Waals surface area contributed by atoms with E-state index in [-0.39, 0.29) is 0 Å². The van der Waals surface area contributed by atoms with E-state index in [2.05, 4.69) is 4.18 Å². The molecule has 0 bridgehead atoms. The Hall–Kier alpha value is -0.600. The molecule has 1 aliphatic rings. The molecule has 0 N–H and O–H groups in total. The fourth-order valence-corrected chi connectivity index (χ4v) is 1.57. The first kappa shape index (κ1) is 13.5. The van der Waals surface area contributed by atoms with Crippen LogP contribution in [-0.4, -0.2) is 32.2 Å². The zero-order valence-corrected chi connectivity index (χ0v) is 9.43. The van der Waals surface area contributed by atoms with Gasteiger partial charge in [0, 0.05) is 0 Å². The second-order valence-electron chi connectivity index (χ2n) is 3.80. The highest BCUT2D eigenvalue weighted by atomic mass is 32.2. The predicted molar refractivity (Wildman–Crippen MR) is 49.0 cm³/mol. The van der Waals surface area contributed by atoms with Crippen molar-refractivity contribution in [3.05, 3.63) is 12.2 Å². The van der Waals surface area contributed by atoms with Gasteiger partial charge >= 0.3 is 15.6 Å². The Morgan fingerprint density at radius 1 is 1.44 bits per heavy atom. The van der Waals surface area contributed by atoms with Gasteiger partial charge in [-0.15, -0.1) is 0 Å². The summed E-state index contributed by atoms with van der Waals surface area (Å²) in [5, 5.41) is 0. The molecule has 94 valence electrons. The fourth-order valence-electron chi connectivity index (χ4n) is 1.12. The lowest BCUT2D eigenvalue weighted by Crippen LogP contribution is -2.30. The van der Waals surface area contributed by atoms with E-state index < -0.39 is 33.9 Å². The lowest BCUT2D eigenvalue weighted by Gasteiger charge is -2.19. The number of halogens is 3. The maximum absolute atomic E-state index is 11.9. The minimum Gasteiger partial charge on any atom is -0.362 e. The van der Waals surface area contributed by atoms with Gasteiger partial charge in [-0.2, -0.15) is 21.6 Å². The van der Waals surface area contributed by atoms with Gasteiger partial charge in [0.2, 0.25) is 0 Å². The zero-order chi connectivity index (χ0) is 12.6. The Morgan fingerprint density at radius 3 is 2.38 bits per heavy atom. The minimum atomic E-state index is -5.54. The minimum absolute atomic E-state index is 0.615. The monoisotopic (exact) mass is 260 g/mol. The highest BCUT2D eigenvalue weighted by Crippen LogP contribution is 2.27. The van der Waals surface area contributed by atoms with Gasteiger partial charge < -0.3 is 4.74 Å². The topological polar surface area (TPSA) is 52.6 Å². The Labute approximate surface area is 91.2 Å². The van der Waals surface area contributed by atoms with Gasteiger partial charge in [-0.1, -0.05) is 12.2 Å². The summed E-state index contributed by atoms with van der Waals surface area (Å²) >= 11 is 0. The van der Waals surface area contributed by atoms with E-state index in [9.17, 15) is 21.6 Å². The van der Waals surface area contributed by atoms with Crippen molar-refractivity contribution in [2.45, 2.75) is 31.1 Å². The van der Waals surface area contributed by atoms with Crippen LogP contribution in [0.15, 0.2) is 12.2 Å². The van der Waals surface area contributed by atoms with Crippen LogP contribution in [0.4, 0.5) is 13.2 Å². The van der Waals surface area contributed by atoms with Crippen LogP contribution in [0.5, 0.6) is 0 Å². The van der Waals surface area contributed by atoms with Crippen molar-refractivity contribution in [1.82, 2.24) is 0 Å². The van der Waals surface area contributed by atoms with E-state index in [1.807, 2.05) is 0 Å². The first-order valence-corrected chi connectivity index (χ1v) is 5.77. The summed E-state index contributed by atoms with van der Waals surface area (Å²) in [6.45, 7) is 2.71. The average Bonchev–Trinajstić information content (AvgIpc) is 2.40. The van der Waals surface area contributed by atoms with Crippen LogP contribution >= 0.6 is 0 Å². The molecule has 0 spiro atoms. The van der Waals surface area contributed by atoms with Gasteiger partial charge in [0.25, 0.3) is 0 Å². The smallest absolute Gasteiger partial charge is 0.362 e. The van der Waals surface area contributed by atoms with Gasteiger partial charge in [0.1, 0.15) is 6.10 Å². The van der Waals surface area contributed by atoms with Gasteiger partial charge in [0.05, 0.1) is 12.2 Å². The second-order valence-corrected chi connectivity index (χ2v) is 5.41. The highest BCUT2D eigenvalue weighted by molar-refractivity contribution is 7.87. The van der Waals surface area contributed by atoms with Gasteiger partial charge in [0.15, 0.2) is 0 Å². The molecule has 4 nitrogen and oxygen atoms in total. The predicted octanol–water partition coefficient (Wildman–Crippen LogP) is 1.59. The van der Waals surface area contributed by atoms with Crippen molar-refractivity contribution < 1.29 is 30.5 Å². The van der Waals surface area contributed by atoms with E-state index in [4.69, 9.17) is 4.74 Å². The van der Waals surface area contributed by atoms with Crippen LogP contribution in [0.1, 0.15) is 13.8 Å². The molecule has 1 atom stereocenters. The largest absolute Gasteiger partial charge is 0.523 e. The number of alkyl halides is 3. The van der Waals surface area contributed by atoms with E-state index >= 15 is 0 Å². The van der Waals surface area contributed by atoms with Crippen LogP contribution in [0.25, 0.3) is 0 Å². The first-order chi connectivity index (χ1) is 7.04. The lowest BCUT2D eigenvalue weighted by molar-refractivity contribution is -0.0606. The molecule has 0 saturated heterocycles. The first-order valence-electron chi connectivity index (χ1n) is 4.36. The highest BCUT2D eigenvalue weighted by Gasteiger charge is 2.47. The quantitative estimate of drug-likeness (QED) is 0.439. The molecule has 0 aliphatic carbocycles. The lowest BCUT2D eigenvalue weighted by atomic mass is 10.1. The van der Waals surface area contributed by atoms with E-state index in [1.165, 1.54) is 6.08 Å². The van der Waals surface area contributed by atoms with Crippen molar-refractivity contribution in [3.8, 4) is 0 Å². The molecule has 0 radical (unpaired) electrons. The SMILES string of the molecule is CC1(C)C=C[C@@H](COS(=O)(=O)C(F)(F)F)O1. The second kappa shape index (κ2) is 4.01. The molecule has 0 saturated carbocycles. The molecule has 0 aromatic heterocycles. The summed E-state index contributed by atoms with van der Waals surface area (Å²) in [5.41, 5.74) is -6.01. The number of hydrogen-bond donors (Lipinski definition) is 0. The summed E-state index contributed by atoms with van der Waals surface area (Å²) in [4.78, 5) is 0. The Bertz CT molecular complexity index is 383. The van der Waals surface area contributed by atoms with Crippen molar-refractivity contribution in [2.75, 3.05) is 6.61 Å². The molecule has 1 heterocycles. The van der Waals surface area contributed by atoms with Crippen LogP contribution < -0.4 is 0 Å². The molecule has 1 rings (SSSR count). The molecule has 0 fully saturated rings. The van der Waals surface area contributed by atoms with Gasteiger partial charge in [-0.05, 0) is 13.8 Å². The maximum atomic E-state index is 11.9. The fraction of sp³-hybridized carbons (Fsp3) is 0.750. The van der Waals surface area contributed by atoms with Crippen LogP contribution in [-0.2, 0) is 19.0 Å². The summed E-state index contributed by atoms with van der Waals surface area (Å²) in [5.74, 6) is 0. The molecule has 16 heavy (non-hydrogen) atoms. The third kappa shape index (κ3) is 3.19. The molecule has 0 aromatic carbocycles. The Morgan fingerprint density at radius 2 is 2.00 bits per heavy atom. The van der Waals surface area contributed by atoms with Crippen molar-refractivity contribution in [2.24, 2.45) is 0 Å². The molecule has 0 aromatic rings. The van der Waals surface area contributed by atoms with Crippen molar-refractivity contribution in [3.63, 3.8) is 0 Å². The summed E-state index contributed by atoms with van der Waals surface area (Å²) in [6, 6.07) is 0. The van der Waals surface area contributed by atoms with E-state index in [0.717, 1.165) is 0 Å². The third-order valence-electron chi connectivity index (χ3n) is 1.84. The molecular formula is C8H11F3O4S. The number of hydrogen-bond acceptors (Lipinski definition) is 4. The van der Waals surface area contributed by atoms with Gasteiger partial charge in [-0.3, -0.25) is 4.18 Å². The van der Waals surface area contributed by atoms with Crippen molar-refractivity contribution >= 4 is 10.1 Å². The van der Waals surface area contributed by atoms with Crippen LogP contribution in [0, 0.1) is 0 Å². The zero-order valence-electron chi connectivity index (χ0n) is 8.61. The molecular weight excluding hydrogens is 249 g/mol. The number of ether oxygens (including phenoxy) is 1. The third-order valence-corrected chi connectivity index (χ3v) is 2.85. The summed E-state index contributed by atoms with van der Waals surface area (Å²) in [6.07, 6.45) is 2.31. The van der Waals surface area contributed by atoms with Crippen LogP contribution in [0.2, 0.25) is 0 Å². The Kier molecular flexibility index (Phi) is 3.37. The number of rotatable bonds is 3. The molecule has 1 aliphatic heterocycles. The standard InChI is InChI=1S/C8H11F3O4S/c1-7(2)4-3-6(15-7)5-14-16(12,13)8(9,10)11/h3-4,6H,5H2,1-2H3/t6-/m0/s1. The molecule has 0 amide bonds. The molecule has 8 heteroatoms. The van der Waals surface area contributed by atoms with E-state index in [0.29, 0.717) is 0 Å². The van der Waals surface area contributed by atoms with Crippen molar-refractivity contribution in [1.29, 1.82) is 0 Å². The Balaban J connectivity index is 2.52. The summed E-state index contributed by atoms with van der Waals surface area (Å²) < 4.78 is 65.8.